The SMILES string of the molecule is Nc1ccc(-c2cc(Cl)ccc2OC(F)(F)F)c(N)n1. The van der Waals surface area contributed by atoms with Crippen LogP contribution in [0.3, 0.4) is 0 Å². The second-order valence-electron chi connectivity index (χ2n) is 3.86. The van der Waals surface area contributed by atoms with E-state index in [0.29, 0.717) is 0 Å². The number of halogens is 4. The lowest BCUT2D eigenvalue weighted by Gasteiger charge is -2.14. The van der Waals surface area contributed by atoms with Crippen LogP contribution in [0, 0.1) is 0 Å². The van der Waals surface area contributed by atoms with Crippen molar-refractivity contribution in [3.63, 3.8) is 0 Å². The average molecular weight is 304 g/mol. The molecule has 2 rings (SSSR count). The number of nitrogens with zero attached hydrogens (tertiary/aromatic N) is 1. The molecule has 1 aromatic heterocycles. The van der Waals surface area contributed by atoms with Crippen molar-refractivity contribution in [2.24, 2.45) is 0 Å². The van der Waals surface area contributed by atoms with Gasteiger partial charge in [-0.3, -0.25) is 0 Å². The van der Waals surface area contributed by atoms with Gasteiger partial charge in [0.25, 0.3) is 0 Å². The van der Waals surface area contributed by atoms with Crippen molar-refractivity contribution in [1.29, 1.82) is 0 Å². The third-order valence-electron chi connectivity index (χ3n) is 2.40. The molecule has 0 aliphatic carbocycles. The largest absolute Gasteiger partial charge is 0.573 e. The Labute approximate surface area is 117 Å². The maximum Gasteiger partial charge on any atom is 0.573 e. The van der Waals surface area contributed by atoms with Crippen molar-refractivity contribution >= 4 is 23.2 Å². The highest BCUT2D eigenvalue weighted by atomic mass is 35.5. The molecule has 0 unspecified atom stereocenters. The molecule has 0 radical (unpaired) electrons. The first kappa shape index (κ1) is 14.3. The summed E-state index contributed by atoms with van der Waals surface area (Å²) in [5.74, 6) is -0.272. The summed E-state index contributed by atoms with van der Waals surface area (Å²) in [7, 11) is 0. The minimum Gasteiger partial charge on any atom is -0.405 e. The Bertz CT molecular complexity index is 646. The van der Waals surface area contributed by atoms with E-state index in [0.717, 1.165) is 6.07 Å². The summed E-state index contributed by atoms with van der Waals surface area (Å²) < 4.78 is 41.1. The minimum atomic E-state index is -4.82. The van der Waals surface area contributed by atoms with Crippen LogP contribution in [0.2, 0.25) is 5.02 Å². The topological polar surface area (TPSA) is 74.2 Å². The summed E-state index contributed by atoms with van der Waals surface area (Å²) in [6, 6.07) is 6.58. The number of pyridine rings is 1. The van der Waals surface area contributed by atoms with Gasteiger partial charge in [0, 0.05) is 16.1 Å². The molecule has 1 aromatic carbocycles. The molecule has 0 aliphatic heterocycles. The van der Waals surface area contributed by atoms with E-state index < -0.39 is 12.1 Å². The average Bonchev–Trinajstić information content (AvgIpc) is 2.30. The predicted octanol–water partition coefficient (Wildman–Crippen LogP) is 3.47. The van der Waals surface area contributed by atoms with Gasteiger partial charge in [0.2, 0.25) is 0 Å². The van der Waals surface area contributed by atoms with E-state index in [2.05, 4.69) is 9.72 Å². The van der Waals surface area contributed by atoms with Crippen LogP contribution >= 0.6 is 11.6 Å². The third kappa shape index (κ3) is 3.24. The van der Waals surface area contributed by atoms with Crippen LogP contribution in [0.5, 0.6) is 5.75 Å². The molecule has 8 heteroatoms. The van der Waals surface area contributed by atoms with E-state index in [1.54, 1.807) is 0 Å². The maximum absolute atomic E-state index is 12.4. The highest BCUT2D eigenvalue weighted by Crippen LogP contribution is 2.37. The summed E-state index contributed by atoms with van der Waals surface area (Å²) in [6.45, 7) is 0. The first-order valence-corrected chi connectivity index (χ1v) is 5.72. The number of ether oxygens (including phenoxy) is 1. The van der Waals surface area contributed by atoms with Gasteiger partial charge in [-0.1, -0.05) is 11.6 Å². The van der Waals surface area contributed by atoms with Crippen molar-refractivity contribution < 1.29 is 17.9 Å². The Kier molecular flexibility index (Phi) is 3.63. The fourth-order valence-corrected chi connectivity index (χ4v) is 1.82. The van der Waals surface area contributed by atoms with Gasteiger partial charge in [-0.25, -0.2) is 4.98 Å². The van der Waals surface area contributed by atoms with E-state index in [1.807, 2.05) is 0 Å². The van der Waals surface area contributed by atoms with E-state index in [9.17, 15) is 13.2 Å². The van der Waals surface area contributed by atoms with Crippen LogP contribution in [0.4, 0.5) is 24.8 Å². The van der Waals surface area contributed by atoms with Crippen molar-refractivity contribution in [2.45, 2.75) is 6.36 Å². The predicted molar refractivity (Wildman–Crippen MR) is 70.2 cm³/mol. The maximum atomic E-state index is 12.4. The highest BCUT2D eigenvalue weighted by molar-refractivity contribution is 6.31. The summed E-state index contributed by atoms with van der Waals surface area (Å²) in [5, 5.41) is 0.241. The van der Waals surface area contributed by atoms with Crippen LogP contribution in [-0.4, -0.2) is 11.3 Å². The van der Waals surface area contributed by atoms with E-state index >= 15 is 0 Å². The van der Waals surface area contributed by atoms with Crippen LogP contribution in [0.1, 0.15) is 0 Å². The molecule has 0 amide bonds. The normalized spacial score (nSPS) is 11.4. The molecule has 0 aliphatic rings. The molecule has 0 spiro atoms. The first-order chi connectivity index (χ1) is 9.26. The molecular weight excluding hydrogens is 295 g/mol. The molecule has 1 heterocycles. The van der Waals surface area contributed by atoms with E-state index in [-0.39, 0.29) is 27.8 Å². The van der Waals surface area contributed by atoms with Crippen molar-refractivity contribution in [3.8, 4) is 16.9 Å². The fraction of sp³-hybridized carbons (Fsp3) is 0.0833. The summed E-state index contributed by atoms with van der Waals surface area (Å²) in [6.07, 6.45) is -4.82. The fourth-order valence-electron chi connectivity index (χ4n) is 1.64. The zero-order valence-electron chi connectivity index (χ0n) is 9.91. The molecule has 0 fully saturated rings. The second-order valence-corrected chi connectivity index (χ2v) is 4.29. The molecular formula is C12H9ClF3N3O. The van der Waals surface area contributed by atoms with Crippen LogP contribution in [-0.2, 0) is 0 Å². The molecule has 0 saturated carbocycles. The van der Waals surface area contributed by atoms with Crippen molar-refractivity contribution in [3.05, 3.63) is 35.4 Å². The summed E-state index contributed by atoms with van der Waals surface area (Å²) >= 11 is 5.80. The molecule has 0 saturated heterocycles. The minimum absolute atomic E-state index is 0.0145. The zero-order chi connectivity index (χ0) is 14.9. The Hall–Kier alpha value is -2.15. The van der Waals surface area contributed by atoms with Gasteiger partial charge >= 0.3 is 6.36 Å². The van der Waals surface area contributed by atoms with Crippen LogP contribution in [0.15, 0.2) is 30.3 Å². The standard InChI is InChI=1S/C12H9ClF3N3O/c13-6-1-3-9(20-12(14,15)16)8(5-6)7-2-4-10(17)19-11(7)18/h1-5H,(H4,17,18,19). The molecule has 106 valence electrons. The Morgan fingerprint density at radius 1 is 1.05 bits per heavy atom. The van der Waals surface area contributed by atoms with Gasteiger partial charge in [0.05, 0.1) is 0 Å². The molecule has 20 heavy (non-hydrogen) atoms. The number of nitrogen functional groups attached to an aromatic ring is 2. The van der Waals surface area contributed by atoms with Gasteiger partial charge in [-0.05, 0) is 30.3 Å². The molecule has 4 N–H and O–H groups in total. The van der Waals surface area contributed by atoms with E-state index in [1.165, 1.54) is 24.3 Å². The number of benzene rings is 1. The van der Waals surface area contributed by atoms with Crippen molar-refractivity contribution in [1.82, 2.24) is 4.98 Å². The number of hydrogen-bond acceptors (Lipinski definition) is 4. The third-order valence-corrected chi connectivity index (χ3v) is 2.64. The highest BCUT2D eigenvalue weighted by Gasteiger charge is 2.32. The first-order valence-electron chi connectivity index (χ1n) is 5.34. The van der Waals surface area contributed by atoms with Crippen LogP contribution < -0.4 is 16.2 Å². The van der Waals surface area contributed by atoms with Gasteiger partial charge in [0.1, 0.15) is 17.4 Å². The number of hydrogen-bond donors (Lipinski definition) is 2. The van der Waals surface area contributed by atoms with Crippen LogP contribution in [0.25, 0.3) is 11.1 Å². The molecule has 4 nitrogen and oxygen atoms in total. The quantitative estimate of drug-likeness (QED) is 0.891. The number of rotatable bonds is 2. The number of aromatic nitrogens is 1. The lowest BCUT2D eigenvalue weighted by molar-refractivity contribution is -0.274. The van der Waals surface area contributed by atoms with Crippen molar-refractivity contribution in [2.75, 3.05) is 11.5 Å². The van der Waals surface area contributed by atoms with Gasteiger partial charge in [-0.15, -0.1) is 13.2 Å². The summed E-state index contributed by atoms with van der Waals surface area (Å²) in [5.41, 5.74) is 11.4. The lowest BCUT2D eigenvalue weighted by Crippen LogP contribution is -2.17. The zero-order valence-corrected chi connectivity index (χ0v) is 10.7. The van der Waals surface area contributed by atoms with Gasteiger partial charge < -0.3 is 16.2 Å². The Morgan fingerprint density at radius 2 is 1.75 bits per heavy atom. The molecule has 2 aromatic rings. The number of nitrogens with two attached hydrogens (primary N) is 2. The number of anilines is 2. The number of alkyl halides is 3. The monoisotopic (exact) mass is 303 g/mol. The van der Waals surface area contributed by atoms with Gasteiger partial charge in [-0.2, -0.15) is 0 Å². The molecule has 0 bridgehead atoms. The van der Waals surface area contributed by atoms with E-state index in [4.69, 9.17) is 23.1 Å². The molecule has 0 atom stereocenters. The van der Waals surface area contributed by atoms with Gasteiger partial charge in [0.15, 0.2) is 0 Å². The lowest BCUT2D eigenvalue weighted by atomic mass is 10.1. The Balaban J connectivity index is 2.57. The Morgan fingerprint density at radius 3 is 2.35 bits per heavy atom. The smallest absolute Gasteiger partial charge is 0.405 e. The second kappa shape index (κ2) is 5.09. The summed E-state index contributed by atoms with van der Waals surface area (Å²) in [4.78, 5) is 3.79.